The van der Waals surface area contributed by atoms with Gasteiger partial charge >= 0.3 is 5.69 Å². The first-order valence-corrected chi connectivity index (χ1v) is 6.95. The highest BCUT2D eigenvalue weighted by atomic mass is 16.2. The molecule has 1 aromatic rings. The Kier molecular flexibility index (Phi) is 4.42. The van der Waals surface area contributed by atoms with Crippen LogP contribution in [-0.2, 0) is 13.1 Å². The first-order valence-electron chi connectivity index (χ1n) is 6.95. The van der Waals surface area contributed by atoms with E-state index in [1.54, 1.807) is 0 Å². The predicted molar refractivity (Wildman–Crippen MR) is 75.3 cm³/mol. The Labute approximate surface area is 112 Å². The highest BCUT2D eigenvalue weighted by Gasteiger charge is 2.14. The molecule has 1 fully saturated rings. The fourth-order valence-corrected chi connectivity index (χ4v) is 2.52. The van der Waals surface area contributed by atoms with Crippen molar-refractivity contribution in [3.63, 3.8) is 0 Å². The number of aryl methyl sites for hydroxylation is 1. The molecular formula is C13H22N4O2. The van der Waals surface area contributed by atoms with E-state index in [0.29, 0.717) is 13.1 Å². The Morgan fingerprint density at radius 2 is 1.84 bits per heavy atom. The number of likely N-dealkylation sites (tertiary alicyclic amines) is 1. The van der Waals surface area contributed by atoms with E-state index < -0.39 is 0 Å². The van der Waals surface area contributed by atoms with Crippen LogP contribution in [0.5, 0.6) is 0 Å². The number of nitrogen functional groups attached to an aromatic ring is 1. The van der Waals surface area contributed by atoms with Gasteiger partial charge in [0, 0.05) is 25.8 Å². The minimum atomic E-state index is -0.364. The number of hydrogen-bond acceptors (Lipinski definition) is 4. The van der Waals surface area contributed by atoms with Crippen LogP contribution in [0.4, 0.5) is 5.69 Å². The second kappa shape index (κ2) is 6.06. The molecule has 0 atom stereocenters. The lowest BCUT2D eigenvalue weighted by Crippen LogP contribution is -2.42. The average Bonchev–Trinajstić information content (AvgIpc) is 2.89. The quantitative estimate of drug-likeness (QED) is 0.820. The average molecular weight is 266 g/mol. The maximum absolute atomic E-state index is 12.2. The summed E-state index contributed by atoms with van der Waals surface area (Å²) >= 11 is 0. The third kappa shape index (κ3) is 3.07. The third-order valence-electron chi connectivity index (χ3n) is 3.57. The van der Waals surface area contributed by atoms with Crippen molar-refractivity contribution in [2.24, 2.45) is 0 Å². The molecule has 0 aromatic carbocycles. The minimum absolute atomic E-state index is 0.148. The molecule has 0 saturated carbocycles. The number of nitrogens with zero attached hydrogens (tertiary/aromatic N) is 3. The van der Waals surface area contributed by atoms with Crippen molar-refractivity contribution in [1.82, 2.24) is 14.0 Å². The molecule has 2 rings (SSSR count). The maximum Gasteiger partial charge on any atom is 0.331 e. The van der Waals surface area contributed by atoms with E-state index in [4.69, 9.17) is 5.73 Å². The summed E-state index contributed by atoms with van der Waals surface area (Å²) in [5.41, 5.74) is 5.23. The first kappa shape index (κ1) is 13.9. The van der Waals surface area contributed by atoms with Crippen LogP contribution in [0, 0.1) is 0 Å². The second-order valence-electron chi connectivity index (χ2n) is 5.07. The van der Waals surface area contributed by atoms with E-state index in [1.165, 1.54) is 28.2 Å². The van der Waals surface area contributed by atoms with E-state index in [1.807, 2.05) is 6.92 Å². The summed E-state index contributed by atoms with van der Waals surface area (Å²) in [4.78, 5) is 26.4. The molecule has 0 aliphatic carbocycles. The van der Waals surface area contributed by atoms with Crippen molar-refractivity contribution in [2.75, 3.05) is 25.4 Å². The lowest BCUT2D eigenvalue weighted by molar-refractivity contribution is 0.316. The first-order chi connectivity index (χ1) is 9.13. The van der Waals surface area contributed by atoms with Crippen LogP contribution in [0.1, 0.15) is 26.2 Å². The number of nitrogens with two attached hydrogens (primary N) is 1. The number of rotatable bonds is 5. The monoisotopic (exact) mass is 266 g/mol. The van der Waals surface area contributed by atoms with Crippen LogP contribution < -0.4 is 17.0 Å². The molecule has 1 aliphatic rings. The molecule has 0 radical (unpaired) electrons. The highest BCUT2D eigenvalue weighted by molar-refractivity contribution is 5.30. The molecule has 2 N–H and O–H groups in total. The SMILES string of the molecule is CCCn1cc(N)c(=O)n(CCN2CCCC2)c1=O. The lowest BCUT2D eigenvalue weighted by Gasteiger charge is -2.16. The fraction of sp³-hybridized carbons (Fsp3) is 0.692. The van der Waals surface area contributed by atoms with Gasteiger partial charge in [-0.25, -0.2) is 4.79 Å². The van der Waals surface area contributed by atoms with Gasteiger partial charge in [0.2, 0.25) is 0 Å². The summed E-state index contributed by atoms with van der Waals surface area (Å²) in [6.07, 6.45) is 4.70. The standard InChI is InChI=1S/C13H22N4O2/c1-2-5-16-10-11(14)12(18)17(13(16)19)9-8-15-6-3-4-7-15/h10H,2-9,14H2,1H3. The Bertz CT molecular complexity index is 541. The van der Waals surface area contributed by atoms with Crippen molar-refractivity contribution in [2.45, 2.75) is 39.3 Å². The van der Waals surface area contributed by atoms with Gasteiger partial charge in [-0.15, -0.1) is 0 Å². The highest BCUT2D eigenvalue weighted by Crippen LogP contribution is 2.06. The van der Waals surface area contributed by atoms with Crippen LogP contribution in [0.3, 0.4) is 0 Å². The fourth-order valence-electron chi connectivity index (χ4n) is 2.52. The zero-order valence-electron chi connectivity index (χ0n) is 11.5. The summed E-state index contributed by atoms with van der Waals surface area (Å²) < 4.78 is 2.80. The van der Waals surface area contributed by atoms with E-state index in [-0.39, 0.29) is 16.9 Å². The van der Waals surface area contributed by atoms with Gasteiger partial charge in [-0.3, -0.25) is 13.9 Å². The van der Waals surface area contributed by atoms with Crippen molar-refractivity contribution in [3.05, 3.63) is 27.0 Å². The summed E-state index contributed by atoms with van der Waals surface area (Å²) in [6, 6.07) is 0. The van der Waals surface area contributed by atoms with Crippen LogP contribution in [-0.4, -0.2) is 33.7 Å². The molecule has 0 unspecified atom stereocenters. The summed E-state index contributed by atoms with van der Waals surface area (Å²) in [5.74, 6) is 0. The van der Waals surface area contributed by atoms with Gasteiger partial charge < -0.3 is 10.6 Å². The molecule has 0 spiro atoms. The van der Waals surface area contributed by atoms with Crippen molar-refractivity contribution < 1.29 is 0 Å². The van der Waals surface area contributed by atoms with Gasteiger partial charge in [0.1, 0.15) is 5.69 Å². The Balaban J connectivity index is 2.22. The van der Waals surface area contributed by atoms with Gasteiger partial charge in [-0.05, 0) is 32.4 Å². The van der Waals surface area contributed by atoms with Crippen LogP contribution in [0.25, 0.3) is 0 Å². The Hall–Kier alpha value is -1.56. The topological polar surface area (TPSA) is 73.3 Å². The Morgan fingerprint density at radius 3 is 2.47 bits per heavy atom. The molecule has 106 valence electrons. The molecule has 0 bridgehead atoms. The maximum atomic E-state index is 12.2. The van der Waals surface area contributed by atoms with Gasteiger partial charge in [0.05, 0.1) is 0 Å². The molecule has 19 heavy (non-hydrogen) atoms. The van der Waals surface area contributed by atoms with Crippen molar-refractivity contribution >= 4 is 5.69 Å². The van der Waals surface area contributed by atoms with E-state index >= 15 is 0 Å². The normalized spacial score (nSPS) is 16.1. The molecular weight excluding hydrogens is 244 g/mol. The van der Waals surface area contributed by atoms with E-state index in [9.17, 15) is 9.59 Å². The Morgan fingerprint density at radius 1 is 1.16 bits per heavy atom. The zero-order chi connectivity index (χ0) is 13.8. The molecule has 0 amide bonds. The summed E-state index contributed by atoms with van der Waals surface area (Å²) in [7, 11) is 0. The van der Waals surface area contributed by atoms with Gasteiger partial charge in [0.25, 0.3) is 5.56 Å². The number of hydrogen-bond donors (Lipinski definition) is 1. The van der Waals surface area contributed by atoms with E-state index in [2.05, 4.69) is 4.90 Å². The van der Waals surface area contributed by atoms with Crippen molar-refractivity contribution in [3.8, 4) is 0 Å². The number of anilines is 1. The smallest absolute Gasteiger partial charge is 0.331 e. The van der Waals surface area contributed by atoms with E-state index in [0.717, 1.165) is 26.1 Å². The molecule has 6 heteroatoms. The summed E-state index contributed by atoms with van der Waals surface area (Å²) in [5, 5.41) is 0. The van der Waals surface area contributed by atoms with Crippen LogP contribution >= 0.6 is 0 Å². The molecule has 1 saturated heterocycles. The number of aromatic nitrogens is 2. The lowest BCUT2D eigenvalue weighted by atomic mass is 10.4. The second-order valence-corrected chi connectivity index (χ2v) is 5.07. The minimum Gasteiger partial charge on any atom is -0.393 e. The molecule has 1 aromatic heterocycles. The van der Waals surface area contributed by atoms with Gasteiger partial charge in [-0.2, -0.15) is 0 Å². The molecule has 2 heterocycles. The third-order valence-corrected chi connectivity index (χ3v) is 3.57. The molecule has 1 aliphatic heterocycles. The van der Waals surface area contributed by atoms with Crippen LogP contribution in [0.15, 0.2) is 15.8 Å². The van der Waals surface area contributed by atoms with Gasteiger partial charge in [0.15, 0.2) is 0 Å². The largest absolute Gasteiger partial charge is 0.393 e. The predicted octanol–water partition coefficient (Wildman–Crippen LogP) is 0.0980. The van der Waals surface area contributed by atoms with Crippen LogP contribution in [0.2, 0.25) is 0 Å². The van der Waals surface area contributed by atoms with Crippen molar-refractivity contribution in [1.29, 1.82) is 0 Å². The summed E-state index contributed by atoms with van der Waals surface area (Å²) in [6.45, 7) is 5.85. The zero-order valence-corrected chi connectivity index (χ0v) is 11.5. The molecule has 6 nitrogen and oxygen atoms in total. The van der Waals surface area contributed by atoms with Gasteiger partial charge in [-0.1, -0.05) is 6.92 Å².